The van der Waals surface area contributed by atoms with E-state index in [1.54, 1.807) is 6.07 Å². The van der Waals surface area contributed by atoms with Gasteiger partial charge in [0.15, 0.2) is 0 Å². The molecule has 3 N–H and O–H groups in total. The van der Waals surface area contributed by atoms with Gasteiger partial charge in [0.1, 0.15) is 6.61 Å². The van der Waals surface area contributed by atoms with Gasteiger partial charge in [-0.05, 0) is 18.2 Å². The summed E-state index contributed by atoms with van der Waals surface area (Å²) in [6.45, 7) is 4.93. The second-order valence-electron chi connectivity index (χ2n) is 3.37. The normalized spacial score (nSPS) is 9.47. The van der Waals surface area contributed by atoms with Gasteiger partial charge >= 0.3 is 5.97 Å². The van der Waals surface area contributed by atoms with Crippen LogP contribution in [0.15, 0.2) is 30.9 Å². The van der Waals surface area contributed by atoms with Gasteiger partial charge in [-0.2, -0.15) is 0 Å². The number of benzene rings is 1. The van der Waals surface area contributed by atoms with Gasteiger partial charge in [-0.3, -0.25) is 4.79 Å². The zero-order valence-electron chi connectivity index (χ0n) is 9.53. The predicted octanol–water partition coefficient (Wildman–Crippen LogP) is 1.57. The average molecular weight is 234 g/mol. The van der Waals surface area contributed by atoms with Crippen LogP contribution in [0.1, 0.15) is 17.3 Å². The molecule has 0 saturated carbocycles. The number of hydrogen-bond acceptors (Lipinski definition) is 4. The van der Waals surface area contributed by atoms with E-state index in [0.717, 1.165) is 0 Å². The first-order valence-electron chi connectivity index (χ1n) is 4.99. The third kappa shape index (κ3) is 3.64. The highest BCUT2D eigenvalue weighted by atomic mass is 16.5. The topological polar surface area (TPSA) is 81.4 Å². The van der Waals surface area contributed by atoms with Crippen molar-refractivity contribution in [3.05, 3.63) is 36.4 Å². The first-order chi connectivity index (χ1) is 8.04. The molecule has 0 heterocycles. The van der Waals surface area contributed by atoms with Crippen molar-refractivity contribution in [2.45, 2.75) is 6.92 Å². The summed E-state index contributed by atoms with van der Waals surface area (Å²) in [6.07, 6.45) is 1.46. The average Bonchev–Trinajstić information content (AvgIpc) is 2.28. The fraction of sp³-hybridized carbons (Fsp3) is 0.167. The number of anilines is 2. The van der Waals surface area contributed by atoms with Gasteiger partial charge in [0.2, 0.25) is 5.91 Å². The summed E-state index contributed by atoms with van der Waals surface area (Å²) in [4.78, 5) is 22.5. The van der Waals surface area contributed by atoms with Gasteiger partial charge in [-0.25, -0.2) is 4.79 Å². The van der Waals surface area contributed by atoms with E-state index in [-0.39, 0.29) is 18.1 Å². The molecule has 0 aliphatic carbocycles. The Hall–Kier alpha value is -2.30. The van der Waals surface area contributed by atoms with Crippen LogP contribution in [-0.4, -0.2) is 18.5 Å². The van der Waals surface area contributed by atoms with Crippen molar-refractivity contribution in [2.75, 3.05) is 17.7 Å². The number of esters is 1. The van der Waals surface area contributed by atoms with Crippen LogP contribution in [0, 0.1) is 0 Å². The fourth-order valence-corrected chi connectivity index (χ4v) is 1.23. The van der Waals surface area contributed by atoms with E-state index in [2.05, 4.69) is 11.9 Å². The molecule has 0 bridgehead atoms. The lowest BCUT2D eigenvalue weighted by molar-refractivity contribution is -0.114. The van der Waals surface area contributed by atoms with Crippen LogP contribution in [-0.2, 0) is 9.53 Å². The fourth-order valence-electron chi connectivity index (χ4n) is 1.23. The van der Waals surface area contributed by atoms with Gasteiger partial charge in [0.25, 0.3) is 0 Å². The van der Waals surface area contributed by atoms with E-state index in [9.17, 15) is 9.59 Å². The molecule has 0 saturated heterocycles. The Labute approximate surface area is 99.3 Å². The Kier molecular flexibility index (Phi) is 4.28. The van der Waals surface area contributed by atoms with Gasteiger partial charge in [0.05, 0.1) is 5.56 Å². The number of nitrogens with two attached hydrogens (primary N) is 1. The number of hydrogen-bond donors (Lipinski definition) is 2. The second-order valence-corrected chi connectivity index (χ2v) is 3.37. The molecule has 5 heteroatoms. The van der Waals surface area contributed by atoms with Crippen molar-refractivity contribution in [1.29, 1.82) is 0 Å². The molecule has 0 aromatic heterocycles. The van der Waals surface area contributed by atoms with E-state index >= 15 is 0 Å². The molecule has 5 nitrogen and oxygen atoms in total. The minimum atomic E-state index is -0.547. The molecule has 1 rings (SSSR count). The zero-order valence-corrected chi connectivity index (χ0v) is 9.53. The summed E-state index contributed by atoms with van der Waals surface area (Å²) in [6, 6.07) is 4.62. The largest absolute Gasteiger partial charge is 0.458 e. The highest BCUT2D eigenvalue weighted by Gasteiger charge is 2.11. The highest BCUT2D eigenvalue weighted by molar-refractivity contribution is 5.98. The third-order valence-electron chi connectivity index (χ3n) is 1.93. The molecule has 90 valence electrons. The SMILES string of the molecule is C=CCOC(=O)c1cc(NC(C)=O)ccc1N. The molecule has 1 aromatic carbocycles. The molecule has 0 radical (unpaired) electrons. The summed E-state index contributed by atoms with van der Waals surface area (Å²) in [5.41, 5.74) is 6.67. The van der Waals surface area contributed by atoms with Crippen LogP contribution in [0.3, 0.4) is 0 Å². The van der Waals surface area contributed by atoms with E-state index in [4.69, 9.17) is 10.5 Å². The van der Waals surface area contributed by atoms with Crippen molar-refractivity contribution in [2.24, 2.45) is 0 Å². The predicted molar refractivity (Wildman–Crippen MR) is 65.6 cm³/mol. The Morgan fingerprint density at radius 3 is 2.82 bits per heavy atom. The smallest absolute Gasteiger partial charge is 0.340 e. The van der Waals surface area contributed by atoms with Crippen LogP contribution in [0.5, 0.6) is 0 Å². The molecular formula is C12H14N2O3. The molecular weight excluding hydrogens is 220 g/mol. The van der Waals surface area contributed by atoms with Gasteiger partial charge in [0, 0.05) is 18.3 Å². The van der Waals surface area contributed by atoms with Crippen LogP contribution >= 0.6 is 0 Å². The molecule has 0 atom stereocenters. The molecule has 0 unspecified atom stereocenters. The Balaban J connectivity index is 2.93. The number of carbonyl (C=O) groups excluding carboxylic acids is 2. The van der Waals surface area contributed by atoms with Gasteiger partial charge < -0.3 is 15.8 Å². The van der Waals surface area contributed by atoms with E-state index in [1.807, 2.05) is 0 Å². The Morgan fingerprint density at radius 1 is 1.53 bits per heavy atom. The number of nitrogen functional groups attached to an aromatic ring is 1. The van der Waals surface area contributed by atoms with Gasteiger partial charge in [-0.1, -0.05) is 12.7 Å². The maximum atomic E-state index is 11.6. The summed E-state index contributed by atoms with van der Waals surface area (Å²) < 4.78 is 4.87. The molecule has 0 aliphatic heterocycles. The van der Waals surface area contributed by atoms with Crippen LogP contribution in [0.25, 0.3) is 0 Å². The van der Waals surface area contributed by atoms with E-state index < -0.39 is 5.97 Å². The van der Waals surface area contributed by atoms with E-state index in [1.165, 1.54) is 25.1 Å². The molecule has 1 aromatic rings. The first-order valence-corrected chi connectivity index (χ1v) is 4.99. The van der Waals surface area contributed by atoms with Crippen molar-refractivity contribution in [3.63, 3.8) is 0 Å². The zero-order chi connectivity index (χ0) is 12.8. The van der Waals surface area contributed by atoms with Crippen molar-refractivity contribution in [1.82, 2.24) is 0 Å². The highest BCUT2D eigenvalue weighted by Crippen LogP contribution is 2.18. The maximum absolute atomic E-state index is 11.6. The van der Waals surface area contributed by atoms with Crippen LogP contribution in [0.2, 0.25) is 0 Å². The maximum Gasteiger partial charge on any atom is 0.340 e. The number of amides is 1. The van der Waals surface area contributed by atoms with E-state index in [0.29, 0.717) is 11.4 Å². The molecule has 0 aliphatic rings. The second kappa shape index (κ2) is 5.69. The number of nitrogens with one attached hydrogen (secondary N) is 1. The van der Waals surface area contributed by atoms with Gasteiger partial charge in [-0.15, -0.1) is 0 Å². The number of carbonyl (C=O) groups is 2. The molecule has 0 fully saturated rings. The quantitative estimate of drug-likeness (QED) is 0.470. The lowest BCUT2D eigenvalue weighted by Gasteiger charge is -2.08. The van der Waals surface area contributed by atoms with Crippen molar-refractivity contribution < 1.29 is 14.3 Å². The Morgan fingerprint density at radius 2 is 2.24 bits per heavy atom. The molecule has 0 spiro atoms. The lowest BCUT2D eigenvalue weighted by atomic mass is 10.1. The standard InChI is InChI=1S/C12H14N2O3/c1-3-6-17-12(16)10-7-9(14-8(2)15)4-5-11(10)13/h3-5,7H,1,6,13H2,2H3,(H,14,15). The van der Waals surface area contributed by atoms with Crippen molar-refractivity contribution >= 4 is 23.3 Å². The number of ether oxygens (including phenoxy) is 1. The minimum absolute atomic E-state index is 0.114. The summed E-state index contributed by atoms with van der Waals surface area (Å²) in [7, 11) is 0. The lowest BCUT2D eigenvalue weighted by Crippen LogP contribution is -2.11. The minimum Gasteiger partial charge on any atom is -0.458 e. The summed E-state index contributed by atoms with van der Waals surface area (Å²) in [5.74, 6) is -0.769. The first kappa shape index (κ1) is 12.8. The monoisotopic (exact) mass is 234 g/mol. The summed E-state index contributed by atoms with van der Waals surface area (Å²) >= 11 is 0. The molecule has 1 amide bonds. The Bertz CT molecular complexity index is 455. The van der Waals surface area contributed by atoms with Crippen molar-refractivity contribution in [3.8, 4) is 0 Å². The van der Waals surface area contributed by atoms with Crippen LogP contribution < -0.4 is 11.1 Å². The van der Waals surface area contributed by atoms with Crippen LogP contribution in [0.4, 0.5) is 11.4 Å². The molecule has 17 heavy (non-hydrogen) atoms. The number of rotatable bonds is 4. The third-order valence-corrected chi connectivity index (χ3v) is 1.93. The summed E-state index contributed by atoms with van der Waals surface area (Å²) in [5, 5.41) is 2.56.